The highest BCUT2D eigenvalue weighted by molar-refractivity contribution is 4.88. The molecule has 0 amide bonds. The molecule has 0 spiro atoms. The van der Waals surface area contributed by atoms with Gasteiger partial charge in [0.15, 0.2) is 0 Å². The van der Waals surface area contributed by atoms with Crippen LogP contribution in [-0.4, -0.2) is 12.6 Å². The summed E-state index contributed by atoms with van der Waals surface area (Å²) < 4.78 is 0. The van der Waals surface area contributed by atoms with E-state index in [1.807, 2.05) is 0 Å². The van der Waals surface area contributed by atoms with Gasteiger partial charge in [-0.25, -0.2) is 0 Å². The van der Waals surface area contributed by atoms with Crippen molar-refractivity contribution in [2.75, 3.05) is 7.05 Å². The first-order valence-corrected chi connectivity index (χ1v) is 11.0. The molecule has 146 valence electrons. The van der Waals surface area contributed by atoms with Crippen LogP contribution in [0.4, 0.5) is 0 Å². The van der Waals surface area contributed by atoms with Crippen LogP contribution in [0.25, 0.3) is 0 Å². The van der Waals surface area contributed by atoms with Gasteiger partial charge < -0.3 is 5.32 Å². The lowest BCUT2D eigenvalue weighted by atomic mass is 9.67. The SMILES string of the molecule is CCCCCCCC(CCCCCCC)C(C)(C)CC(C)(C)NC. The molecule has 0 rings (SSSR count). The van der Waals surface area contributed by atoms with E-state index in [0.29, 0.717) is 5.41 Å². The maximum absolute atomic E-state index is 3.52. The number of hydrogen-bond acceptors (Lipinski definition) is 1. The third kappa shape index (κ3) is 11.5. The Hall–Kier alpha value is -0.0400. The summed E-state index contributed by atoms with van der Waals surface area (Å²) in [6, 6.07) is 0. The smallest absolute Gasteiger partial charge is 0.0127 e. The van der Waals surface area contributed by atoms with Crippen molar-refractivity contribution in [2.24, 2.45) is 11.3 Å². The quantitative estimate of drug-likeness (QED) is 0.283. The molecule has 0 saturated carbocycles. The van der Waals surface area contributed by atoms with Gasteiger partial charge in [-0.3, -0.25) is 0 Å². The molecule has 0 aromatic carbocycles. The molecule has 0 heterocycles. The first-order chi connectivity index (χ1) is 11.3. The normalized spacial score (nSPS) is 13.0. The molecular formula is C23H49N. The Morgan fingerprint density at radius 3 is 1.46 bits per heavy atom. The molecule has 0 atom stereocenters. The standard InChI is InChI=1S/C23H49N/c1-8-10-12-14-16-18-21(19-17-15-13-11-9-2)22(3,4)20-23(5,6)24-7/h21,24H,8-20H2,1-7H3. The second-order valence-electron chi connectivity index (χ2n) is 9.40. The van der Waals surface area contributed by atoms with E-state index in [0.717, 1.165) is 5.92 Å². The molecule has 0 aliphatic heterocycles. The summed E-state index contributed by atoms with van der Waals surface area (Å²) >= 11 is 0. The summed E-state index contributed by atoms with van der Waals surface area (Å²) in [4.78, 5) is 0. The predicted octanol–water partition coefficient (Wildman–Crippen LogP) is 7.74. The highest BCUT2D eigenvalue weighted by atomic mass is 14.9. The van der Waals surface area contributed by atoms with E-state index in [1.54, 1.807) is 0 Å². The van der Waals surface area contributed by atoms with E-state index < -0.39 is 0 Å². The molecule has 0 aliphatic carbocycles. The van der Waals surface area contributed by atoms with Gasteiger partial charge in [0.05, 0.1) is 0 Å². The molecule has 0 fully saturated rings. The van der Waals surface area contributed by atoms with Gasteiger partial charge in [-0.05, 0) is 51.5 Å². The fourth-order valence-corrected chi connectivity index (χ4v) is 4.29. The van der Waals surface area contributed by atoms with Crippen LogP contribution in [0.15, 0.2) is 0 Å². The van der Waals surface area contributed by atoms with Crippen molar-refractivity contribution in [3.8, 4) is 0 Å². The van der Waals surface area contributed by atoms with Crippen molar-refractivity contribution < 1.29 is 0 Å². The van der Waals surface area contributed by atoms with Gasteiger partial charge in [0.2, 0.25) is 0 Å². The largest absolute Gasteiger partial charge is 0.315 e. The summed E-state index contributed by atoms with van der Waals surface area (Å²) in [5, 5.41) is 3.52. The average molecular weight is 340 g/mol. The van der Waals surface area contributed by atoms with Gasteiger partial charge in [0.1, 0.15) is 0 Å². The minimum atomic E-state index is 0.242. The van der Waals surface area contributed by atoms with Crippen molar-refractivity contribution in [3.05, 3.63) is 0 Å². The van der Waals surface area contributed by atoms with Crippen LogP contribution in [-0.2, 0) is 0 Å². The summed E-state index contributed by atoms with van der Waals surface area (Å²) in [5.41, 5.74) is 0.675. The summed E-state index contributed by atoms with van der Waals surface area (Å²) in [6.45, 7) is 14.4. The second kappa shape index (κ2) is 13.2. The minimum Gasteiger partial charge on any atom is -0.315 e. The molecular weight excluding hydrogens is 290 g/mol. The van der Waals surface area contributed by atoms with Gasteiger partial charge >= 0.3 is 0 Å². The third-order valence-corrected chi connectivity index (χ3v) is 5.99. The monoisotopic (exact) mass is 339 g/mol. The van der Waals surface area contributed by atoms with Crippen molar-refractivity contribution >= 4 is 0 Å². The zero-order valence-corrected chi connectivity index (χ0v) is 18.3. The van der Waals surface area contributed by atoms with Crippen LogP contribution in [0.3, 0.4) is 0 Å². The Kier molecular flexibility index (Phi) is 13.2. The molecule has 0 aliphatic rings. The topological polar surface area (TPSA) is 12.0 Å². The van der Waals surface area contributed by atoms with Crippen LogP contribution in [0, 0.1) is 11.3 Å². The van der Waals surface area contributed by atoms with Crippen molar-refractivity contribution in [2.45, 2.75) is 131 Å². The lowest BCUT2D eigenvalue weighted by Gasteiger charge is -2.41. The van der Waals surface area contributed by atoms with Gasteiger partial charge in [-0.1, -0.05) is 91.9 Å². The third-order valence-electron chi connectivity index (χ3n) is 5.99. The van der Waals surface area contributed by atoms with Crippen molar-refractivity contribution in [3.63, 3.8) is 0 Å². The number of hydrogen-bond donors (Lipinski definition) is 1. The Labute approximate surface area is 154 Å². The van der Waals surface area contributed by atoms with Crippen LogP contribution in [0.2, 0.25) is 0 Å². The van der Waals surface area contributed by atoms with Crippen LogP contribution in [0.5, 0.6) is 0 Å². The van der Waals surface area contributed by atoms with Crippen molar-refractivity contribution in [1.29, 1.82) is 0 Å². The number of rotatable bonds is 16. The highest BCUT2D eigenvalue weighted by Gasteiger charge is 2.33. The zero-order chi connectivity index (χ0) is 18.5. The molecule has 0 aromatic rings. The first-order valence-electron chi connectivity index (χ1n) is 11.0. The molecule has 0 unspecified atom stereocenters. The van der Waals surface area contributed by atoms with E-state index >= 15 is 0 Å². The highest BCUT2D eigenvalue weighted by Crippen LogP contribution is 2.41. The average Bonchev–Trinajstić information content (AvgIpc) is 2.51. The number of nitrogens with one attached hydrogen (secondary N) is 1. The Morgan fingerprint density at radius 1 is 0.667 bits per heavy atom. The lowest BCUT2D eigenvalue weighted by molar-refractivity contribution is 0.123. The maximum atomic E-state index is 3.52. The minimum absolute atomic E-state index is 0.242. The van der Waals surface area contributed by atoms with Gasteiger partial charge in [-0.15, -0.1) is 0 Å². The Morgan fingerprint density at radius 2 is 1.08 bits per heavy atom. The molecule has 0 bridgehead atoms. The van der Waals surface area contributed by atoms with E-state index in [4.69, 9.17) is 0 Å². The van der Waals surface area contributed by atoms with Gasteiger partial charge in [0.25, 0.3) is 0 Å². The zero-order valence-electron chi connectivity index (χ0n) is 18.3. The van der Waals surface area contributed by atoms with Crippen LogP contribution in [0.1, 0.15) is 125 Å². The van der Waals surface area contributed by atoms with E-state index in [9.17, 15) is 0 Å². The van der Waals surface area contributed by atoms with E-state index in [2.05, 4.69) is 53.9 Å². The predicted molar refractivity (Wildman–Crippen MR) is 112 cm³/mol. The number of unbranched alkanes of at least 4 members (excludes halogenated alkanes) is 8. The first kappa shape index (κ1) is 24.0. The maximum Gasteiger partial charge on any atom is 0.0127 e. The summed E-state index contributed by atoms with van der Waals surface area (Å²) in [7, 11) is 2.11. The molecule has 0 aromatic heterocycles. The fraction of sp³-hybridized carbons (Fsp3) is 1.00. The molecule has 1 N–H and O–H groups in total. The van der Waals surface area contributed by atoms with Gasteiger partial charge in [-0.2, -0.15) is 0 Å². The molecule has 0 radical (unpaired) electrons. The van der Waals surface area contributed by atoms with E-state index in [1.165, 1.54) is 83.5 Å². The molecule has 24 heavy (non-hydrogen) atoms. The second-order valence-corrected chi connectivity index (χ2v) is 9.40. The van der Waals surface area contributed by atoms with Crippen LogP contribution >= 0.6 is 0 Å². The summed E-state index contributed by atoms with van der Waals surface area (Å²) in [5.74, 6) is 0.883. The Balaban J connectivity index is 4.51. The van der Waals surface area contributed by atoms with Crippen LogP contribution < -0.4 is 5.32 Å². The summed E-state index contributed by atoms with van der Waals surface area (Å²) in [6.07, 6.45) is 18.3. The fourth-order valence-electron chi connectivity index (χ4n) is 4.29. The van der Waals surface area contributed by atoms with E-state index in [-0.39, 0.29) is 5.54 Å². The van der Waals surface area contributed by atoms with Gasteiger partial charge in [0, 0.05) is 5.54 Å². The Bertz CT molecular complexity index is 266. The van der Waals surface area contributed by atoms with Crippen molar-refractivity contribution in [1.82, 2.24) is 5.32 Å². The lowest BCUT2D eigenvalue weighted by Crippen LogP contribution is -2.42. The molecule has 1 nitrogen and oxygen atoms in total. The molecule has 1 heteroatoms. The molecule has 0 saturated heterocycles.